The molecule has 0 aromatic carbocycles. The van der Waals surface area contributed by atoms with E-state index in [1.54, 1.807) is 11.3 Å². The highest BCUT2D eigenvalue weighted by Crippen LogP contribution is 2.34. The number of carbonyl (C=O) groups is 2. The van der Waals surface area contributed by atoms with Crippen LogP contribution < -0.4 is 16.2 Å². The monoisotopic (exact) mass is 420 g/mol. The van der Waals surface area contributed by atoms with Crippen molar-refractivity contribution >= 4 is 45.3 Å². The van der Waals surface area contributed by atoms with E-state index in [9.17, 15) is 14.4 Å². The van der Waals surface area contributed by atoms with Gasteiger partial charge < -0.3 is 10.3 Å². The van der Waals surface area contributed by atoms with Crippen LogP contribution in [0.4, 0.5) is 4.79 Å². The molecule has 0 spiro atoms. The normalized spacial score (nSPS) is 17.3. The molecule has 9 heteroatoms. The Bertz CT molecular complexity index is 947. The number of urea groups is 1. The van der Waals surface area contributed by atoms with Crippen LogP contribution in [0.2, 0.25) is 0 Å². The first-order valence-corrected chi connectivity index (χ1v) is 11.7. The van der Waals surface area contributed by atoms with Gasteiger partial charge in [-0.05, 0) is 44.1 Å². The summed E-state index contributed by atoms with van der Waals surface area (Å²) in [6, 6.07) is -0.292. The highest BCUT2D eigenvalue weighted by atomic mass is 32.2. The fourth-order valence-corrected chi connectivity index (χ4v) is 5.96. The number of rotatable bonds is 4. The number of aromatic amines is 1. The van der Waals surface area contributed by atoms with Gasteiger partial charge >= 0.3 is 6.03 Å². The van der Waals surface area contributed by atoms with Crippen LogP contribution in [0.5, 0.6) is 0 Å². The van der Waals surface area contributed by atoms with E-state index in [4.69, 9.17) is 0 Å². The van der Waals surface area contributed by atoms with Gasteiger partial charge in [-0.2, -0.15) is 0 Å². The molecule has 28 heavy (non-hydrogen) atoms. The molecule has 3 N–H and O–H groups in total. The summed E-state index contributed by atoms with van der Waals surface area (Å²) >= 11 is 2.72. The Balaban J connectivity index is 1.35. The van der Waals surface area contributed by atoms with Crippen LogP contribution in [0, 0.1) is 0 Å². The molecule has 2 aliphatic carbocycles. The topological polar surface area (TPSA) is 104 Å². The lowest BCUT2D eigenvalue weighted by atomic mass is 9.96. The van der Waals surface area contributed by atoms with E-state index in [0.29, 0.717) is 10.5 Å². The van der Waals surface area contributed by atoms with Gasteiger partial charge in [0.15, 0.2) is 5.16 Å². The summed E-state index contributed by atoms with van der Waals surface area (Å²) in [5.41, 5.74) is 1.01. The number of aromatic nitrogens is 2. The second-order valence-corrected chi connectivity index (χ2v) is 9.46. The number of thiophene rings is 1. The Morgan fingerprint density at radius 2 is 1.93 bits per heavy atom. The van der Waals surface area contributed by atoms with Gasteiger partial charge in [-0.25, -0.2) is 9.78 Å². The fraction of sp³-hybridized carbons (Fsp3) is 0.579. The van der Waals surface area contributed by atoms with Gasteiger partial charge in [-0.1, -0.05) is 31.0 Å². The molecule has 7 nitrogen and oxygen atoms in total. The van der Waals surface area contributed by atoms with E-state index in [1.165, 1.54) is 11.3 Å². The van der Waals surface area contributed by atoms with Crippen LogP contribution in [0.25, 0.3) is 10.2 Å². The number of nitrogens with zero attached hydrogens (tertiary/aromatic N) is 1. The lowest BCUT2D eigenvalue weighted by molar-refractivity contribution is -0.117. The number of hydrogen-bond acceptors (Lipinski definition) is 6. The lowest BCUT2D eigenvalue weighted by Gasteiger charge is -2.22. The number of amides is 3. The summed E-state index contributed by atoms with van der Waals surface area (Å²) < 4.78 is 0. The molecule has 2 aliphatic rings. The molecule has 0 bridgehead atoms. The van der Waals surface area contributed by atoms with Gasteiger partial charge in [0.05, 0.1) is 11.1 Å². The molecule has 3 amide bonds. The molecule has 2 aromatic heterocycles. The Hall–Kier alpha value is -1.87. The summed E-state index contributed by atoms with van der Waals surface area (Å²) in [5.74, 6) is -0.371. The van der Waals surface area contributed by atoms with Gasteiger partial charge in [0.25, 0.3) is 5.56 Å². The summed E-state index contributed by atoms with van der Waals surface area (Å²) in [7, 11) is 0. The standard InChI is InChI=1S/C19H24N4O3S2/c24-14(21-18(26)20-11-6-2-1-3-7-11)10-27-19-22-16(25)15-12-8-4-5-9-13(12)28-17(15)23-19/h11H,1-10H2,(H,22,23,25)(H2,20,21,24,26). The number of aryl methyl sites for hydroxylation is 2. The highest BCUT2D eigenvalue weighted by Gasteiger charge is 2.20. The highest BCUT2D eigenvalue weighted by molar-refractivity contribution is 7.99. The van der Waals surface area contributed by atoms with E-state index in [2.05, 4.69) is 20.6 Å². The fourth-order valence-electron chi connectivity index (χ4n) is 3.98. The lowest BCUT2D eigenvalue weighted by Crippen LogP contribution is -2.45. The van der Waals surface area contributed by atoms with Gasteiger partial charge in [0.1, 0.15) is 4.83 Å². The number of hydrogen-bond donors (Lipinski definition) is 3. The quantitative estimate of drug-likeness (QED) is 0.521. The van der Waals surface area contributed by atoms with Gasteiger partial charge in [-0.3, -0.25) is 14.9 Å². The summed E-state index contributed by atoms with van der Waals surface area (Å²) in [5, 5.41) is 6.34. The molecule has 2 aromatic rings. The average molecular weight is 421 g/mol. The second kappa shape index (κ2) is 8.65. The molecule has 2 heterocycles. The number of H-pyrrole nitrogens is 1. The molecule has 0 aliphatic heterocycles. The predicted octanol–water partition coefficient (Wildman–Crippen LogP) is 3.11. The molecule has 150 valence electrons. The number of thioether (sulfide) groups is 1. The predicted molar refractivity (Wildman–Crippen MR) is 111 cm³/mol. The largest absolute Gasteiger partial charge is 0.335 e. The maximum absolute atomic E-state index is 12.5. The maximum Gasteiger partial charge on any atom is 0.321 e. The molecular weight excluding hydrogens is 396 g/mol. The van der Waals surface area contributed by atoms with Crippen molar-refractivity contribution in [2.24, 2.45) is 0 Å². The van der Waals surface area contributed by atoms with Crippen molar-refractivity contribution in [3.05, 3.63) is 20.8 Å². The third-order valence-corrected chi connectivity index (χ3v) is 7.40. The van der Waals surface area contributed by atoms with Gasteiger partial charge in [0.2, 0.25) is 5.91 Å². The van der Waals surface area contributed by atoms with E-state index >= 15 is 0 Å². The first-order chi connectivity index (χ1) is 13.6. The second-order valence-electron chi connectivity index (χ2n) is 7.41. The van der Waals surface area contributed by atoms with Crippen LogP contribution in [-0.4, -0.2) is 33.7 Å². The van der Waals surface area contributed by atoms with Crippen molar-refractivity contribution in [1.82, 2.24) is 20.6 Å². The van der Waals surface area contributed by atoms with Crippen molar-refractivity contribution in [3.63, 3.8) is 0 Å². The van der Waals surface area contributed by atoms with Crippen molar-refractivity contribution in [1.29, 1.82) is 0 Å². The Morgan fingerprint density at radius 3 is 2.75 bits per heavy atom. The van der Waals surface area contributed by atoms with Crippen molar-refractivity contribution in [2.45, 2.75) is 69.0 Å². The third kappa shape index (κ3) is 4.41. The molecule has 4 rings (SSSR count). The molecule has 0 saturated heterocycles. The zero-order valence-electron chi connectivity index (χ0n) is 15.6. The van der Waals surface area contributed by atoms with Gasteiger partial charge in [-0.15, -0.1) is 11.3 Å². The van der Waals surface area contributed by atoms with Crippen LogP contribution in [0.1, 0.15) is 55.4 Å². The van der Waals surface area contributed by atoms with Crippen LogP contribution in [0.15, 0.2) is 9.95 Å². The molecule has 1 saturated carbocycles. The zero-order chi connectivity index (χ0) is 19.5. The minimum absolute atomic E-state index is 0.0254. The molecule has 0 unspecified atom stereocenters. The van der Waals surface area contributed by atoms with Crippen molar-refractivity contribution < 1.29 is 9.59 Å². The Labute approximate surface area is 171 Å². The zero-order valence-corrected chi connectivity index (χ0v) is 17.3. The van der Waals surface area contributed by atoms with E-state index in [0.717, 1.165) is 73.5 Å². The van der Waals surface area contributed by atoms with Crippen LogP contribution in [0.3, 0.4) is 0 Å². The smallest absolute Gasteiger partial charge is 0.321 e. The number of imide groups is 1. The first-order valence-electron chi connectivity index (χ1n) is 9.88. The van der Waals surface area contributed by atoms with E-state index < -0.39 is 11.9 Å². The SMILES string of the molecule is O=C(CSc1nc2sc3c(c2c(=O)[nH]1)CCCC3)NC(=O)NC1CCCCC1. The Morgan fingerprint density at radius 1 is 1.14 bits per heavy atom. The summed E-state index contributed by atoms with van der Waals surface area (Å²) in [6.07, 6.45) is 9.57. The third-order valence-electron chi connectivity index (χ3n) is 5.34. The summed E-state index contributed by atoms with van der Waals surface area (Å²) in [4.78, 5) is 45.8. The minimum Gasteiger partial charge on any atom is -0.335 e. The molecule has 1 fully saturated rings. The summed E-state index contributed by atoms with van der Waals surface area (Å²) in [6.45, 7) is 0. The number of fused-ring (bicyclic) bond motifs is 3. The van der Waals surface area contributed by atoms with Crippen LogP contribution >= 0.6 is 23.1 Å². The first kappa shape index (κ1) is 19.4. The van der Waals surface area contributed by atoms with E-state index in [1.807, 2.05) is 0 Å². The van der Waals surface area contributed by atoms with Gasteiger partial charge in [0, 0.05) is 10.9 Å². The molecule has 0 atom stereocenters. The molecular formula is C19H24N4O3S2. The number of nitrogens with one attached hydrogen (secondary N) is 3. The minimum atomic E-state index is -0.444. The van der Waals surface area contributed by atoms with E-state index in [-0.39, 0.29) is 17.4 Å². The number of carbonyl (C=O) groups excluding carboxylic acids is 2. The maximum atomic E-state index is 12.5. The average Bonchev–Trinajstić information content (AvgIpc) is 3.06. The van der Waals surface area contributed by atoms with Crippen molar-refractivity contribution in [3.8, 4) is 0 Å². The Kier molecular flexibility index (Phi) is 6.01. The molecule has 0 radical (unpaired) electrons. The van der Waals surface area contributed by atoms with Crippen LogP contribution in [-0.2, 0) is 17.6 Å². The van der Waals surface area contributed by atoms with Crippen molar-refractivity contribution in [2.75, 3.05) is 5.75 Å².